The van der Waals surface area contributed by atoms with Gasteiger partial charge in [-0.2, -0.15) is 0 Å². The normalized spacial score (nSPS) is 12.7. The molecule has 0 aliphatic heterocycles. The van der Waals surface area contributed by atoms with E-state index in [0.29, 0.717) is 0 Å². The lowest BCUT2D eigenvalue weighted by Gasteiger charge is -2.14. The molecule has 0 amide bonds. The van der Waals surface area contributed by atoms with Crippen LogP contribution in [0.2, 0.25) is 0 Å². The first-order valence-electron chi connectivity index (χ1n) is 5.46. The van der Waals surface area contributed by atoms with Gasteiger partial charge in [-0.15, -0.1) is 22.7 Å². The summed E-state index contributed by atoms with van der Waals surface area (Å²) in [5.41, 5.74) is 0. The first-order chi connectivity index (χ1) is 8.65. The summed E-state index contributed by atoms with van der Waals surface area (Å²) in [6, 6.07) is 4.49. The Morgan fingerprint density at radius 1 is 1.33 bits per heavy atom. The lowest BCUT2D eigenvalue weighted by atomic mass is 10.2. The molecule has 0 saturated carbocycles. The highest BCUT2D eigenvalue weighted by molar-refractivity contribution is 9.13. The first kappa shape index (κ1) is 14.5. The molecular weight excluding hydrogens is 398 g/mol. The maximum Gasteiger partial charge on any atom is 0.129 e. The molecule has 0 fully saturated rings. The van der Waals surface area contributed by atoms with Crippen molar-refractivity contribution in [2.75, 3.05) is 13.7 Å². The fraction of sp³-hybridized carbons (Fsp3) is 0.333. The van der Waals surface area contributed by atoms with Gasteiger partial charge in [0.1, 0.15) is 5.75 Å². The van der Waals surface area contributed by atoms with Gasteiger partial charge < -0.3 is 10.1 Å². The average molecular weight is 411 g/mol. The summed E-state index contributed by atoms with van der Waals surface area (Å²) in [5.74, 6) is 0.924. The Morgan fingerprint density at radius 2 is 2.11 bits per heavy atom. The second-order valence-corrected chi connectivity index (χ2v) is 7.85. The van der Waals surface area contributed by atoms with Gasteiger partial charge in [0.05, 0.1) is 16.9 Å². The highest BCUT2D eigenvalue weighted by Crippen LogP contribution is 2.39. The fourth-order valence-electron chi connectivity index (χ4n) is 1.64. The molecule has 2 aromatic heterocycles. The standard InChI is InChI=1S/C12H13Br2NOS2/c1-3-15-11(9-4-7(16-2)6-17-9)10-5-8(13)12(14)18-10/h4-6,11,15H,3H2,1-2H3. The molecule has 2 nitrogen and oxygen atoms in total. The highest BCUT2D eigenvalue weighted by atomic mass is 79.9. The van der Waals surface area contributed by atoms with Gasteiger partial charge in [-0.05, 0) is 50.5 Å². The molecule has 2 heterocycles. The van der Waals surface area contributed by atoms with Crippen LogP contribution in [0.15, 0.2) is 25.8 Å². The van der Waals surface area contributed by atoms with Gasteiger partial charge >= 0.3 is 0 Å². The van der Waals surface area contributed by atoms with Crippen LogP contribution in [0, 0.1) is 0 Å². The van der Waals surface area contributed by atoms with Crippen molar-refractivity contribution in [2.24, 2.45) is 0 Å². The molecule has 1 N–H and O–H groups in total. The zero-order valence-electron chi connectivity index (χ0n) is 10.00. The van der Waals surface area contributed by atoms with Crippen LogP contribution in [-0.2, 0) is 0 Å². The number of rotatable bonds is 5. The van der Waals surface area contributed by atoms with E-state index in [2.05, 4.69) is 56.2 Å². The predicted octanol–water partition coefficient (Wildman–Crippen LogP) is 5.04. The molecule has 1 unspecified atom stereocenters. The van der Waals surface area contributed by atoms with E-state index >= 15 is 0 Å². The molecule has 0 radical (unpaired) electrons. The SMILES string of the molecule is CCNC(c1cc(OC)cs1)c1cc(Br)c(Br)s1. The van der Waals surface area contributed by atoms with E-state index in [1.54, 1.807) is 29.8 Å². The predicted molar refractivity (Wildman–Crippen MR) is 86.1 cm³/mol. The molecule has 6 heteroatoms. The zero-order valence-corrected chi connectivity index (χ0v) is 14.8. The largest absolute Gasteiger partial charge is 0.496 e. The minimum Gasteiger partial charge on any atom is -0.496 e. The Bertz CT molecular complexity index is 504. The average Bonchev–Trinajstić information content (AvgIpc) is 2.94. The molecule has 0 aliphatic carbocycles. The highest BCUT2D eigenvalue weighted by Gasteiger charge is 2.19. The summed E-state index contributed by atoms with van der Waals surface area (Å²) in [6.07, 6.45) is 0. The van der Waals surface area contributed by atoms with E-state index < -0.39 is 0 Å². The zero-order chi connectivity index (χ0) is 13.1. The van der Waals surface area contributed by atoms with Crippen LogP contribution in [0.25, 0.3) is 0 Å². The number of methoxy groups -OCH3 is 1. The Hall–Kier alpha value is 0.120. The number of ether oxygens (including phenoxy) is 1. The fourth-order valence-corrected chi connectivity index (χ4v) is 4.85. The Morgan fingerprint density at radius 3 is 2.61 bits per heavy atom. The molecule has 1 atom stereocenters. The van der Waals surface area contributed by atoms with Gasteiger partial charge in [0.15, 0.2) is 0 Å². The third-order valence-corrected chi connectivity index (χ3v) is 6.77. The maximum atomic E-state index is 5.26. The molecule has 0 aromatic carbocycles. The van der Waals surface area contributed by atoms with Crippen LogP contribution in [0.5, 0.6) is 5.75 Å². The molecule has 18 heavy (non-hydrogen) atoms. The van der Waals surface area contributed by atoms with Crippen molar-refractivity contribution in [3.63, 3.8) is 0 Å². The second-order valence-electron chi connectivity index (χ2n) is 3.65. The monoisotopic (exact) mass is 409 g/mol. The molecule has 98 valence electrons. The van der Waals surface area contributed by atoms with E-state index in [9.17, 15) is 0 Å². The third kappa shape index (κ3) is 3.17. The number of thiophene rings is 2. The van der Waals surface area contributed by atoms with Crippen molar-refractivity contribution in [2.45, 2.75) is 13.0 Å². The number of nitrogens with one attached hydrogen (secondary N) is 1. The van der Waals surface area contributed by atoms with E-state index in [1.807, 2.05) is 5.38 Å². The van der Waals surface area contributed by atoms with Crippen molar-refractivity contribution >= 4 is 54.5 Å². The van der Waals surface area contributed by atoms with Crippen molar-refractivity contribution in [3.05, 3.63) is 35.5 Å². The van der Waals surface area contributed by atoms with Crippen LogP contribution in [0.4, 0.5) is 0 Å². The molecule has 0 aliphatic rings. The Kier molecular flexibility index (Phi) is 5.26. The van der Waals surface area contributed by atoms with E-state index in [4.69, 9.17) is 4.74 Å². The van der Waals surface area contributed by atoms with Gasteiger partial charge in [0.25, 0.3) is 0 Å². The molecule has 0 bridgehead atoms. The summed E-state index contributed by atoms with van der Waals surface area (Å²) >= 11 is 10.6. The van der Waals surface area contributed by atoms with E-state index in [-0.39, 0.29) is 6.04 Å². The maximum absolute atomic E-state index is 5.26. The lowest BCUT2D eigenvalue weighted by Crippen LogP contribution is -2.20. The van der Waals surface area contributed by atoms with Gasteiger partial charge in [-0.1, -0.05) is 6.92 Å². The van der Waals surface area contributed by atoms with E-state index in [1.165, 1.54) is 9.75 Å². The van der Waals surface area contributed by atoms with Gasteiger partial charge in [-0.3, -0.25) is 0 Å². The summed E-state index contributed by atoms with van der Waals surface area (Å²) < 4.78 is 7.49. The number of halogens is 2. The molecule has 0 spiro atoms. The minimum atomic E-state index is 0.233. The first-order valence-corrected chi connectivity index (χ1v) is 8.74. The molecule has 2 aromatic rings. The summed E-state index contributed by atoms with van der Waals surface area (Å²) in [6.45, 7) is 3.05. The van der Waals surface area contributed by atoms with Crippen LogP contribution in [-0.4, -0.2) is 13.7 Å². The topological polar surface area (TPSA) is 21.3 Å². The van der Waals surface area contributed by atoms with Crippen molar-refractivity contribution in [1.82, 2.24) is 5.32 Å². The van der Waals surface area contributed by atoms with Crippen LogP contribution >= 0.6 is 54.5 Å². The third-order valence-electron chi connectivity index (χ3n) is 2.47. The van der Waals surface area contributed by atoms with Crippen molar-refractivity contribution in [3.8, 4) is 5.75 Å². The van der Waals surface area contributed by atoms with E-state index in [0.717, 1.165) is 20.6 Å². The van der Waals surface area contributed by atoms with Crippen LogP contribution in [0.1, 0.15) is 22.7 Å². The minimum absolute atomic E-state index is 0.233. The summed E-state index contributed by atoms with van der Waals surface area (Å²) in [7, 11) is 1.70. The summed E-state index contributed by atoms with van der Waals surface area (Å²) in [5, 5.41) is 5.56. The summed E-state index contributed by atoms with van der Waals surface area (Å²) in [4.78, 5) is 2.56. The molecule has 0 saturated heterocycles. The van der Waals surface area contributed by atoms with Crippen molar-refractivity contribution < 1.29 is 4.74 Å². The Balaban J connectivity index is 2.32. The van der Waals surface area contributed by atoms with Crippen LogP contribution in [0.3, 0.4) is 0 Å². The smallest absolute Gasteiger partial charge is 0.129 e. The van der Waals surface area contributed by atoms with Gasteiger partial charge in [-0.25, -0.2) is 0 Å². The molecule has 2 rings (SSSR count). The van der Waals surface area contributed by atoms with Gasteiger partial charge in [0, 0.05) is 19.6 Å². The quantitative estimate of drug-likeness (QED) is 0.745. The lowest BCUT2D eigenvalue weighted by molar-refractivity contribution is 0.416. The van der Waals surface area contributed by atoms with Crippen LogP contribution < -0.4 is 10.1 Å². The van der Waals surface area contributed by atoms with Crippen molar-refractivity contribution in [1.29, 1.82) is 0 Å². The second kappa shape index (κ2) is 6.52. The number of hydrogen-bond acceptors (Lipinski definition) is 4. The van der Waals surface area contributed by atoms with Gasteiger partial charge in [0.2, 0.25) is 0 Å². The number of hydrogen-bond donors (Lipinski definition) is 1. The Labute approximate surface area is 132 Å². The molecular formula is C12H13Br2NOS2.